The van der Waals surface area contributed by atoms with E-state index in [2.05, 4.69) is 46.4 Å². The Kier molecular flexibility index (Phi) is 4.98. The van der Waals surface area contributed by atoms with E-state index in [0.717, 1.165) is 18.9 Å². The molecule has 5 heteroatoms. The zero-order valence-corrected chi connectivity index (χ0v) is 10.5. The van der Waals surface area contributed by atoms with Crippen LogP contribution in [-0.4, -0.2) is 48.1 Å². The van der Waals surface area contributed by atoms with Gasteiger partial charge in [0, 0.05) is 32.4 Å². The van der Waals surface area contributed by atoms with Crippen LogP contribution in [0.5, 0.6) is 0 Å². The first-order chi connectivity index (χ1) is 7.63. The maximum atomic E-state index is 4.28. The summed E-state index contributed by atoms with van der Waals surface area (Å²) in [6.45, 7) is 6.25. The van der Waals surface area contributed by atoms with E-state index < -0.39 is 0 Å². The average molecular weight is 223 g/mol. The largest absolute Gasteiger partial charge is 0.369 e. The molecule has 0 saturated heterocycles. The standard InChI is InChI=1S/C11H21N5/c1-9(2)16(4)8-7-13-10-5-6-14-11(12-3)15-10/h5-6,9H,7-8H2,1-4H3,(H2,12,13,14,15). The minimum atomic E-state index is 0.570. The minimum Gasteiger partial charge on any atom is -0.369 e. The molecule has 0 aromatic carbocycles. The van der Waals surface area contributed by atoms with Gasteiger partial charge in [0.2, 0.25) is 5.95 Å². The molecule has 1 heterocycles. The van der Waals surface area contributed by atoms with E-state index in [1.165, 1.54) is 0 Å². The highest BCUT2D eigenvalue weighted by molar-refractivity contribution is 5.38. The quantitative estimate of drug-likeness (QED) is 0.760. The number of aromatic nitrogens is 2. The van der Waals surface area contributed by atoms with Crippen LogP contribution in [0.25, 0.3) is 0 Å². The molecule has 0 unspecified atom stereocenters. The van der Waals surface area contributed by atoms with Gasteiger partial charge in [0.05, 0.1) is 0 Å². The van der Waals surface area contributed by atoms with Crippen LogP contribution in [0, 0.1) is 0 Å². The van der Waals surface area contributed by atoms with Crippen molar-refractivity contribution in [1.29, 1.82) is 0 Å². The maximum Gasteiger partial charge on any atom is 0.224 e. The van der Waals surface area contributed by atoms with Crippen LogP contribution >= 0.6 is 0 Å². The number of nitrogens with one attached hydrogen (secondary N) is 2. The third kappa shape index (κ3) is 4.02. The zero-order chi connectivity index (χ0) is 12.0. The Morgan fingerprint density at radius 3 is 2.81 bits per heavy atom. The lowest BCUT2D eigenvalue weighted by Crippen LogP contribution is -2.31. The first kappa shape index (κ1) is 12.7. The Bertz CT molecular complexity index is 313. The predicted octanol–water partition coefficient (Wildman–Crippen LogP) is 1.27. The smallest absolute Gasteiger partial charge is 0.224 e. The lowest BCUT2D eigenvalue weighted by atomic mass is 10.3. The molecular formula is C11H21N5. The fourth-order valence-corrected chi connectivity index (χ4v) is 1.20. The monoisotopic (exact) mass is 223 g/mol. The summed E-state index contributed by atoms with van der Waals surface area (Å²) in [5, 5.41) is 6.18. The minimum absolute atomic E-state index is 0.570. The molecule has 2 N–H and O–H groups in total. The van der Waals surface area contributed by atoms with E-state index in [0.29, 0.717) is 12.0 Å². The van der Waals surface area contributed by atoms with Crippen molar-refractivity contribution in [2.24, 2.45) is 0 Å². The van der Waals surface area contributed by atoms with Crippen molar-refractivity contribution >= 4 is 11.8 Å². The van der Waals surface area contributed by atoms with Crippen LogP contribution in [0.3, 0.4) is 0 Å². The van der Waals surface area contributed by atoms with Crippen LogP contribution in [0.1, 0.15) is 13.8 Å². The lowest BCUT2D eigenvalue weighted by Gasteiger charge is -2.21. The fraction of sp³-hybridized carbons (Fsp3) is 0.636. The molecule has 0 spiro atoms. The molecule has 0 aliphatic rings. The van der Waals surface area contributed by atoms with Crippen LogP contribution in [0.4, 0.5) is 11.8 Å². The zero-order valence-electron chi connectivity index (χ0n) is 10.5. The Hall–Kier alpha value is -1.36. The molecule has 0 saturated carbocycles. The summed E-state index contributed by atoms with van der Waals surface area (Å²) < 4.78 is 0. The third-order valence-corrected chi connectivity index (χ3v) is 2.53. The molecular weight excluding hydrogens is 202 g/mol. The van der Waals surface area contributed by atoms with Gasteiger partial charge in [-0.15, -0.1) is 0 Å². The van der Waals surface area contributed by atoms with Gasteiger partial charge in [0.15, 0.2) is 0 Å². The number of anilines is 2. The van der Waals surface area contributed by atoms with E-state index in [4.69, 9.17) is 0 Å². The molecule has 0 aliphatic carbocycles. The van der Waals surface area contributed by atoms with E-state index in [1.54, 1.807) is 6.20 Å². The highest BCUT2D eigenvalue weighted by atomic mass is 15.2. The lowest BCUT2D eigenvalue weighted by molar-refractivity contribution is 0.284. The molecule has 0 radical (unpaired) electrons. The van der Waals surface area contributed by atoms with Gasteiger partial charge in [0.25, 0.3) is 0 Å². The van der Waals surface area contributed by atoms with Crippen molar-refractivity contribution in [3.05, 3.63) is 12.3 Å². The van der Waals surface area contributed by atoms with Crippen LogP contribution < -0.4 is 10.6 Å². The summed E-state index contributed by atoms with van der Waals surface area (Å²) in [6.07, 6.45) is 1.74. The van der Waals surface area contributed by atoms with Crippen LogP contribution in [0.2, 0.25) is 0 Å². The van der Waals surface area contributed by atoms with Gasteiger partial charge in [-0.1, -0.05) is 0 Å². The second-order valence-electron chi connectivity index (χ2n) is 4.02. The van der Waals surface area contributed by atoms with Crippen molar-refractivity contribution in [1.82, 2.24) is 14.9 Å². The summed E-state index contributed by atoms with van der Waals surface area (Å²) in [6, 6.07) is 2.44. The highest BCUT2D eigenvalue weighted by Crippen LogP contribution is 2.04. The maximum absolute atomic E-state index is 4.28. The molecule has 0 aliphatic heterocycles. The molecule has 1 aromatic heterocycles. The van der Waals surface area contributed by atoms with E-state index >= 15 is 0 Å². The van der Waals surface area contributed by atoms with Crippen molar-refractivity contribution < 1.29 is 0 Å². The molecule has 0 amide bonds. The van der Waals surface area contributed by atoms with E-state index in [-0.39, 0.29) is 0 Å². The van der Waals surface area contributed by atoms with Gasteiger partial charge in [0.1, 0.15) is 5.82 Å². The number of hydrogen-bond acceptors (Lipinski definition) is 5. The molecule has 0 fully saturated rings. The van der Waals surface area contributed by atoms with E-state index in [1.807, 2.05) is 13.1 Å². The summed E-state index contributed by atoms with van der Waals surface area (Å²) in [4.78, 5) is 10.6. The Labute approximate surface area is 97.3 Å². The second-order valence-corrected chi connectivity index (χ2v) is 4.02. The van der Waals surface area contributed by atoms with Crippen molar-refractivity contribution in [3.8, 4) is 0 Å². The number of hydrogen-bond donors (Lipinski definition) is 2. The SMILES string of the molecule is CNc1nccc(NCCN(C)C(C)C)n1. The van der Waals surface area contributed by atoms with Crippen LogP contribution in [0.15, 0.2) is 12.3 Å². The number of likely N-dealkylation sites (N-methyl/N-ethyl adjacent to an activating group) is 1. The Morgan fingerprint density at radius 2 is 2.19 bits per heavy atom. The summed E-state index contributed by atoms with van der Waals surface area (Å²) in [5.74, 6) is 1.50. The highest BCUT2D eigenvalue weighted by Gasteiger charge is 2.02. The Balaban J connectivity index is 2.37. The van der Waals surface area contributed by atoms with Crippen molar-refractivity contribution in [2.75, 3.05) is 37.8 Å². The second kappa shape index (κ2) is 6.27. The molecule has 16 heavy (non-hydrogen) atoms. The summed E-state index contributed by atoms with van der Waals surface area (Å²) in [7, 11) is 3.93. The summed E-state index contributed by atoms with van der Waals surface area (Å²) in [5.41, 5.74) is 0. The van der Waals surface area contributed by atoms with Gasteiger partial charge in [-0.3, -0.25) is 0 Å². The summed E-state index contributed by atoms with van der Waals surface area (Å²) >= 11 is 0. The molecule has 0 bridgehead atoms. The average Bonchev–Trinajstić information content (AvgIpc) is 2.29. The van der Waals surface area contributed by atoms with Gasteiger partial charge < -0.3 is 15.5 Å². The molecule has 1 rings (SSSR count). The van der Waals surface area contributed by atoms with Crippen molar-refractivity contribution in [2.45, 2.75) is 19.9 Å². The first-order valence-electron chi connectivity index (χ1n) is 5.58. The number of nitrogens with zero attached hydrogens (tertiary/aromatic N) is 3. The van der Waals surface area contributed by atoms with Gasteiger partial charge in [-0.2, -0.15) is 4.98 Å². The van der Waals surface area contributed by atoms with E-state index in [9.17, 15) is 0 Å². The topological polar surface area (TPSA) is 53.1 Å². The third-order valence-electron chi connectivity index (χ3n) is 2.53. The molecule has 5 nitrogen and oxygen atoms in total. The predicted molar refractivity (Wildman–Crippen MR) is 67.8 cm³/mol. The van der Waals surface area contributed by atoms with Gasteiger partial charge >= 0.3 is 0 Å². The molecule has 0 atom stereocenters. The van der Waals surface area contributed by atoms with Gasteiger partial charge in [-0.05, 0) is 27.0 Å². The Morgan fingerprint density at radius 1 is 1.44 bits per heavy atom. The van der Waals surface area contributed by atoms with Gasteiger partial charge in [-0.25, -0.2) is 4.98 Å². The molecule has 1 aromatic rings. The first-order valence-corrected chi connectivity index (χ1v) is 5.58. The normalized spacial score (nSPS) is 10.9. The molecule has 90 valence electrons. The van der Waals surface area contributed by atoms with Crippen molar-refractivity contribution in [3.63, 3.8) is 0 Å². The fourth-order valence-electron chi connectivity index (χ4n) is 1.20. The van der Waals surface area contributed by atoms with Crippen LogP contribution in [-0.2, 0) is 0 Å². The number of rotatable bonds is 6.